The molecule has 0 radical (unpaired) electrons. The van der Waals surface area contributed by atoms with Crippen LogP contribution in [0.1, 0.15) is 25.5 Å². The Labute approximate surface area is 119 Å². The Morgan fingerprint density at radius 2 is 1.90 bits per heavy atom. The minimum absolute atomic E-state index is 0.395. The fraction of sp³-hybridized carbons (Fsp3) is 0.235. The normalized spacial score (nSPS) is 11.2. The molecule has 3 aromatic rings. The van der Waals surface area contributed by atoms with Gasteiger partial charge >= 0.3 is 0 Å². The monoisotopic (exact) mass is 265 g/mol. The summed E-state index contributed by atoms with van der Waals surface area (Å²) < 4.78 is 1.96. The van der Waals surface area contributed by atoms with Gasteiger partial charge < -0.3 is 5.32 Å². The summed E-state index contributed by atoms with van der Waals surface area (Å²) in [5, 5.41) is 10.3. The summed E-state index contributed by atoms with van der Waals surface area (Å²) in [6.45, 7) is 5.06. The second kappa shape index (κ2) is 5.37. The van der Waals surface area contributed by atoms with E-state index in [9.17, 15) is 0 Å². The van der Waals surface area contributed by atoms with E-state index in [4.69, 9.17) is 0 Å². The summed E-state index contributed by atoms with van der Waals surface area (Å²) in [6.07, 6.45) is 3.92. The smallest absolute Gasteiger partial charge is 0.0729 e. The van der Waals surface area contributed by atoms with E-state index < -0.39 is 0 Å². The largest absolute Gasteiger partial charge is 0.378 e. The quantitative estimate of drug-likeness (QED) is 0.765. The molecule has 0 fully saturated rings. The minimum Gasteiger partial charge on any atom is -0.378 e. The maximum absolute atomic E-state index is 4.33. The van der Waals surface area contributed by atoms with Gasteiger partial charge in [-0.05, 0) is 36.2 Å². The molecule has 0 saturated heterocycles. The number of rotatable bonds is 4. The van der Waals surface area contributed by atoms with Crippen molar-refractivity contribution in [2.45, 2.75) is 26.4 Å². The van der Waals surface area contributed by atoms with Gasteiger partial charge in [-0.2, -0.15) is 5.10 Å². The highest BCUT2D eigenvalue weighted by atomic mass is 15.3. The van der Waals surface area contributed by atoms with E-state index in [2.05, 4.69) is 66.7 Å². The van der Waals surface area contributed by atoms with Gasteiger partial charge in [0, 0.05) is 18.8 Å². The van der Waals surface area contributed by atoms with E-state index in [0.717, 1.165) is 12.2 Å². The third-order valence-corrected chi connectivity index (χ3v) is 3.44. The van der Waals surface area contributed by atoms with Crippen LogP contribution in [0.25, 0.3) is 10.8 Å². The summed E-state index contributed by atoms with van der Waals surface area (Å²) in [5.41, 5.74) is 2.34. The van der Waals surface area contributed by atoms with Crippen molar-refractivity contribution >= 4 is 16.5 Å². The van der Waals surface area contributed by atoms with Gasteiger partial charge in [-0.3, -0.25) is 4.68 Å². The van der Waals surface area contributed by atoms with E-state index >= 15 is 0 Å². The second-order valence-electron chi connectivity index (χ2n) is 5.34. The molecular weight excluding hydrogens is 246 g/mol. The first kappa shape index (κ1) is 12.7. The standard InChI is InChI=1S/C17H19N3/c1-13(2)20-12-17(11-19-20)18-10-14-7-8-15-5-3-4-6-16(15)9-14/h3-9,11-13,18H,10H2,1-2H3. The lowest BCUT2D eigenvalue weighted by Gasteiger charge is -2.06. The fourth-order valence-corrected chi connectivity index (χ4v) is 2.26. The van der Waals surface area contributed by atoms with Crippen molar-refractivity contribution < 1.29 is 0 Å². The molecule has 1 N–H and O–H groups in total. The van der Waals surface area contributed by atoms with Crippen LogP contribution in [0.15, 0.2) is 54.9 Å². The summed E-state index contributed by atoms with van der Waals surface area (Å²) >= 11 is 0. The first-order valence-corrected chi connectivity index (χ1v) is 6.98. The van der Waals surface area contributed by atoms with Gasteiger partial charge in [-0.15, -0.1) is 0 Å². The van der Waals surface area contributed by atoms with E-state index in [1.54, 1.807) is 0 Å². The lowest BCUT2D eigenvalue weighted by atomic mass is 10.1. The van der Waals surface area contributed by atoms with Crippen LogP contribution in [0.4, 0.5) is 5.69 Å². The van der Waals surface area contributed by atoms with E-state index in [-0.39, 0.29) is 0 Å². The molecule has 1 heterocycles. The Morgan fingerprint density at radius 1 is 1.10 bits per heavy atom. The van der Waals surface area contributed by atoms with Gasteiger partial charge in [0.25, 0.3) is 0 Å². The fourth-order valence-electron chi connectivity index (χ4n) is 2.26. The molecule has 0 atom stereocenters. The summed E-state index contributed by atoms with van der Waals surface area (Å²) in [4.78, 5) is 0. The third-order valence-electron chi connectivity index (χ3n) is 3.44. The Morgan fingerprint density at radius 3 is 2.65 bits per heavy atom. The first-order chi connectivity index (χ1) is 9.72. The van der Waals surface area contributed by atoms with Crippen LogP contribution in [-0.2, 0) is 6.54 Å². The van der Waals surface area contributed by atoms with Crippen molar-refractivity contribution in [1.82, 2.24) is 9.78 Å². The van der Waals surface area contributed by atoms with Gasteiger partial charge in [0.1, 0.15) is 0 Å². The van der Waals surface area contributed by atoms with Crippen molar-refractivity contribution in [1.29, 1.82) is 0 Å². The molecule has 1 aromatic heterocycles. The average molecular weight is 265 g/mol. The van der Waals surface area contributed by atoms with Gasteiger partial charge in [-0.25, -0.2) is 0 Å². The predicted molar refractivity (Wildman–Crippen MR) is 83.9 cm³/mol. The molecule has 0 saturated carbocycles. The van der Waals surface area contributed by atoms with Crippen molar-refractivity contribution in [2.75, 3.05) is 5.32 Å². The van der Waals surface area contributed by atoms with Crippen molar-refractivity contribution in [3.05, 3.63) is 60.4 Å². The Balaban J connectivity index is 1.72. The van der Waals surface area contributed by atoms with Gasteiger partial charge in [0.2, 0.25) is 0 Å². The van der Waals surface area contributed by atoms with E-state index in [1.807, 2.05) is 17.1 Å². The molecule has 0 aliphatic rings. The zero-order valence-electron chi connectivity index (χ0n) is 11.9. The topological polar surface area (TPSA) is 29.9 Å². The number of hydrogen-bond acceptors (Lipinski definition) is 2. The molecule has 0 unspecified atom stereocenters. The van der Waals surface area contributed by atoms with Crippen LogP contribution in [-0.4, -0.2) is 9.78 Å². The number of fused-ring (bicyclic) bond motifs is 1. The van der Waals surface area contributed by atoms with E-state index in [0.29, 0.717) is 6.04 Å². The summed E-state index contributed by atoms with van der Waals surface area (Å²) in [6, 6.07) is 15.4. The maximum atomic E-state index is 4.33. The van der Waals surface area contributed by atoms with Gasteiger partial charge in [0.05, 0.1) is 11.9 Å². The first-order valence-electron chi connectivity index (χ1n) is 6.98. The molecular formula is C17H19N3. The van der Waals surface area contributed by atoms with Crippen LogP contribution in [0.5, 0.6) is 0 Å². The van der Waals surface area contributed by atoms with Crippen LogP contribution >= 0.6 is 0 Å². The highest BCUT2D eigenvalue weighted by Gasteiger charge is 2.01. The number of aromatic nitrogens is 2. The molecule has 3 heteroatoms. The van der Waals surface area contributed by atoms with Crippen LogP contribution < -0.4 is 5.32 Å². The van der Waals surface area contributed by atoms with Crippen LogP contribution in [0, 0.1) is 0 Å². The number of nitrogens with zero attached hydrogens (tertiary/aromatic N) is 2. The molecule has 0 amide bonds. The lowest BCUT2D eigenvalue weighted by molar-refractivity contribution is 0.532. The number of nitrogens with one attached hydrogen (secondary N) is 1. The Bertz CT molecular complexity index is 713. The zero-order valence-corrected chi connectivity index (χ0v) is 11.9. The number of hydrogen-bond donors (Lipinski definition) is 1. The molecule has 102 valence electrons. The number of benzene rings is 2. The van der Waals surface area contributed by atoms with E-state index in [1.165, 1.54) is 16.3 Å². The Hall–Kier alpha value is -2.29. The molecule has 0 bridgehead atoms. The maximum Gasteiger partial charge on any atom is 0.0729 e. The molecule has 20 heavy (non-hydrogen) atoms. The molecule has 3 nitrogen and oxygen atoms in total. The summed E-state index contributed by atoms with van der Waals surface area (Å²) in [7, 11) is 0. The van der Waals surface area contributed by atoms with Crippen molar-refractivity contribution in [2.24, 2.45) is 0 Å². The highest BCUT2D eigenvalue weighted by molar-refractivity contribution is 5.83. The van der Waals surface area contributed by atoms with Crippen molar-refractivity contribution in [3.63, 3.8) is 0 Å². The third kappa shape index (κ3) is 2.67. The molecule has 3 rings (SSSR count). The van der Waals surface area contributed by atoms with Crippen molar-refractivity contribution in [3.8, 4) is 0 Å². The highest BCUT2D eigenvalue weighted by Crippen LogP contribution is 2.17. The Kier molecular flexibility index (Phi) is 3.42. The molecule has 0 aliphatic carbocycles. The average Bonchev–Trinajstić information content (AvgIpc) is 2.94. The van der Waals surface area contributed by atoms with Crippen LogP contribution in [0.3, 0.4) is 0 Å². The predicted octanol–water partition coefficient (Wildman–Crippen LogP) is 4.23. The zero-order chi connectivity index (χ0) is 13.9. The van der Waals surface area contributed by atoms with Crippen LogP contribution in [0.2, 0.25) is 0 Å². The minimum atomic E-state index is 0.395. The lowest BCUT2D eigenvalue weighted by Crippen LogP contribution is -2.01. The molecule has 0 aliphatic heterocycles. The summed E-state index contributed by atoms with van der Waals surface area (Å²) in [5.74, 6) is 0. The van der Waals surface area contributed by atoms with Gasteiger partial charge in [0.15, 0.2) is 0 Å². The number of anilines is 1. The SMILES string of the molecule is CC(C)n1cc(NCc2ccc3ccccc3c2)cn1. The second-order valence-corrected chi connectivity index (χ2v) is 5.34. The molecule has 2 aromatic carbocycles. The van der Waals surface area contributed by atoms with Gasteiger partial charge in [-0.1, -0.05) is 36.4 Å². The molecule has 0 spiro atoms.